The number of nitrogens with zero attached hydrogens (tertiary/aromatic N) is 2. The Labute approximate surface area is 85.4 Å². The minimum Gasteiger partial charge on any atom is -0.395 e. The molecule has 84 valence electrons. The highest BCUT2D eigenvalue weighted by molar-refractivity contribution is 7.89. The van der Waals surface area contributed by atoms with E-state index in [1.165, 1.54) is 4.31 Å². The van der Waals surface area contributed by atoms with E-state index < -0.39 is 10.0 Å². The zero-order valence-corrected chi connectivity index (χ0v) is 9.33. The van der Waals surface area contributed by atoms with Crippen molar-refractivity contribution in [1.82, 2.24) is 9.21 Å². The second-order valence-electron chi connectivity index (χ2n) is 3.60. The molecule has 1 heterocycles. The summed E-state index contributed by atoms with van der Waals surface area (Å²) in [5.41, 5.74) is 0. The third kappa shape index (κ3) is 3.20. The Morgan fingerprint density at radius 2 is 1.93 bits per heavy atom. The smallest absolute Gasteiger partial charge is 0.216 e. The van der Waals surface area contributed by atoms with Gasteiger partial charge in [-0.05, 0) is 20.0 Å². The minimum absolute atomic E-state index is 0.156. The fraction of sp³-hybridized carbons (Fsp3) is 1.00. The van der Waals surface area contributed by atoms with Gasteiger partial charge in [0.25, 0.3) is 0 Å². The second-order valence-corrected chi connectivity index (χ2v) is 5.68. The number of likely N-dealkylation sites (N-methyl/N-ethyl adjacent to an activating group) is 1. The van der Waals surface area contributed by atoms with E-state index in [0.29, 0.717) is 13.1 Å². The molecule has 1 aliphatic rings. The van der Waals surface area contributed by atoms with Crippen molar-refractivity contribution in [3.8, 4) is 0 Å². The maximum Gasteiger partial charge on any atom is 0.216 e. The number of aliphatic hydroxyl groups is 1. The van der Waals surface area contributed by atoms with Crippen LogP contribution in [-0.4, -0.2) is 68.3 Å². The predicted octanol–water partition coefficient (Wildman–Crippen LogP) is -1.05. The Bertz CT molecular complexity index is 266. The van der Waals surface area contributed by atoms with Gasteiger partial charge in [0.15, 0.2) is 0 Å². The van der Waals surface area contributed by atoms with Gasteiger partial charge in [-0.15, -0.1) is 0 Å². The zero-order valence-electron chi connectivity index (χ0n) is 8.52. The SMILES string of the molecule is CN1CCCN(S(=O)(=O)CCO)CC1. The molecule has 5 nitrogen and oxygen atoms in total. The van der Waals surface area contributed by atoms with Gasteiger partial charge in [-0.3, -0.25) is 0 Å². The first-order valence-electron chi connectivity index (χ1n) is 4.83. The van der Waals surface area contributed by atoms with Gasteiger partial charge in [-0.25, -0.2) is 12.7 Å². The molecular formula is C8H18N2O3S. The van der Waals surface area contributed by atoms with Crippen LogP contribution in [-0.2, 0) is 10.0 Å². The summed E-state index contributed by atoms with van der Waals surface area (Å²) in [6.07, 6.45) is 0.862. The maximum absolute atomic E-state index is 11.6. The lowest BCUT2D eigenvalue weighted by atomic mass is 10.4. The molecule has 0 saturated carbocycles. The highest BCUT2D eigenvalue weighted by Crippen LogP contribution is 2.07. The number of aliphatic hydroxyl groups excluding tert-OH is 1. The highest BCUT2D eigenvalue weighted by Gasteiger charge is 2.23. The van der Waals surface area contributed by atoms with Gasteiger partial charge in [0.05, 0.1) is 12.4 Å². The van der Waals surface area contributed by atoms with Gasteiger partial charge in [-0.1, -0.05) is 0 Å². The van der Waals surface area contributed by atoms with Crippen LogP contribution < -0.4 is 0 Å². The summed E-state index contributed by atoms with van der Waals surface area (Å²) in [5, 5.41) is 8.64. The summed E-state index contributed by atoms with van der Waals surface area (Å²) in [6, 6.07) is 0. The Balaban J connectivity index is 2.59. The van der Waals surface area contributed by atoms with Crippen LogP contribution in [0.2, 0.25) is 0 Å². The molecule has 1 saturated heterocycles. The first-order chi connectivity index (χ1) is 6.56. The van der Waals surface area contributed by atoms with Gasteiger partial charge in [0, 0.05) is 19.6 Å². The zero-order chi connectivity index (χ0) is 10.6. The summed E-state index contributed by atoms with van der Waals surface area (Å²) < 4.78 is 24.7. The van der Waals surface area contributed by atoms with Crippen molar-refractivity contribution < 1.29 is 13.5 Å². The summed E-state index contributed by atoms with van der Waals surface area (Å²) in [7, 11) is -1.24. The van der Waals surface area contributed by atoms with E-state index in [9.17, 15) is 8.42 Å². The molecule has 0 amide bonds. The summed E-state index contributed by atoms with van der Waals surface area (Å²) >= 11 is 0. The molecular weight excluding hydrogens is 204 g/mol. The number of sulfonamides is 1. The Hall–Kier alpha value is -0.170. The van der Waals surface area contributed by atoms with Crippen LogP contribution in [0.4, 0.5) is 0 Å². The number of hydrogen-bond acceptors (Lipinski definition) is 4. The molecule has 0 aromatic carbocycles. The third-order valence-electron chi connectivity index (χ3n) is 2.42. The molecule has 0 aliphatic carbocycles. The van der Waals surface area contributed by atoms with E-state index in [0.717, 1.165) is 19.5 Å². The molecule has 0 radical (unpaired) electrons. The van der Waals surface area contributed by atoms with Gasteiger partial charge in [0.2, 0.25) is 10.0 Å². The molecule has 0 spiro atoms. The van der Waals surface area contributed by atoms with Crippen molar-refractivity contribution in [2.24, 2.45) is 0 Å². The average Bonchev–Trinajstić information content (AvgIpc) is 2.30. The number of rotatable bonds is 3. The quantitative estimate of drug-likeness (QED) is 0.661. The molecule has 0 atom stereocenters. The molecule has 1 N–H and O–H groups in total. The van der Waals surface area contributed by atoms with Crippen molar-refractivity contribution in [3.05, 3.63) is 0 Å². The van der Waals surface area contributed by atoms with Crippen LogP contribution in [0.25, 0.3) is 0 Å². The first-order valence-corrected chi connectivity index (χ1v) is 6.44. The summed E-state index contributed by atoms with van der Waals surface area (Å²) in [4.78, 5) is 2.12. The van der Waals surface area contributed by atoms with Crippen LogP contribution in [0.3, 0.4) is 0 Å². The largest absolute Gasteiger partial charge is 0.395 e. The Morgan fingerprint density at radius 3 is 2.57 bits per heavy atom. The fourth-order valence-electron chi connectivity index (χ4n) is 1.55. The van der Waals surface area contributed by atoms with E-state index in [-0.39, 0.29) is 12.4 Å². The molecule has 1 rings (SSSR count). The number of hydrogen-bond donors (Lipinski definition) is 1. The van der Waals surface area contributed by atoms with Crippen LogP contribution in [0.15, 0.2) is 0 Å². The summed E-state index contributed by atoms with van der Waals surface area (Å²) in [5.74, 6) is -0.156. The van der Waals surface area contributed by atoms with E-state index >= 15 is 0 Å². The van der Waals surface area contributed by atoms with E-state index in [1.807, 2.05) is 7.05 Å². The van der Waals surface area contributed by atoms with Crippen LogP contribution >= 0.6 is 0 Å². The third-order valence-corrected chi connectivity index (χ3v) is 4.27. The van der Waals surface area contributed by atoms with Crippen molar-refractivity contribution in [2.45, 2.75) is 6.42 Å². The van der Waals surface area contributed by atoms with Gasteiger partial charge >= 0.3 is 0 Å². The Morgan fingerprint density at radius 1 is 1.21 bits per heavy atom. The lowest BCUT2D eigenvalue weighted by Gasteiger charge is -2.19. The standard InChI is InChI=1S/C8H18N2O3S/c1-9-3-2-4-10(6-5-9)14(12,13)8-7-11/h11H,2-8H2,1H3. The molecule has 6 heteroatoms. The van der Waals surface area contributed by atoms with Crippen molar-refractivity contribution in [2.75, 3.05) is 45.6 Å². The minimum atomic E-state index is -3.22. The van der Waals surface area contributed by atoms with Crippen molar-refractivity contribution in [3.63, 3.8) is 0 Å². The molecule has 0 aromatic heterocycles. The lowest BCUT2D eigenvalue weighted by Crippen LogP contribution is -2.36. The molecule has 14 heavy (non-hydrogen) atoms. The lowest BCUT2D eigenvalue weighted by molar-refractivity contribution is 0.313. The van der Waals surface area contributed by atoms with E-state index in [2.05, 4.69) is 4.90 Å². The maximum atomic E-state index is 11.6. The predicted molar refractivity (Wildman–Crippen MR) is 54.6 cm³/mol. The molecule has 1 aliphatic heterocycles. The van der Waals surface area contributed by atoms with E-state index in [1.54, 1.807) is 0 Å². The molecule has 0 bridgehead atoms. The van der Waals surface area contributed by atoms with Gasteiger partial charge in [0.1, 0.15) is 0 Å². The van der Waals surface area contributed by atoms with Gasteiger partial charge in [-0.2, -0.15) is 0 Å². The van der Waals surface area contributed by atoms with Gasteiger partial charge < -0.3 is 10.0 Å². The average molecular weight is 222 g/mol. The van der Waals surface area contributed by atoms with Crippen LogP contribution in [0.5, 0.6) is 0 Å². The Kier molecular flexibility index (Phi) is 4.31. The second kappa shape index (κ2) is 5.06. The van der Waals surface area contributed by atoms with Crippen LogP contribution in [0, 0.1) is 0 Å². The summed E-state index contributed by atoms with van der Waals surface area (Å²) in [6.45, 7) is 2.52. The van der Waals surface area contributed by atoms with Crippen LogP contribution in [0.1, 0.15) is 6.42 Å². The van der Waals surface area contributed by atoms with Crippen molar-refractivity contribution in [1.29, 1.82) is 0 Å². The topological polar surface area (TPSA) is 60.9 Å². The molecule has 1 fully saturated rings. The highest BCUT2D eigenvalue weighted by atomic mass is 32.2. The fourth-order valence-corrected chi connectivity index (χ4v) is 2.80. The molecule has 0 unspecified atom stereocenters. The first kappa shape index (κ1) is 11.9. The monoisotopic (exact) mass is 222 g/mol. The molecule has 0 aromatic rings. The van der Waals surface area contributed by atoms with Crippen molar-refractivity contribution >= 4 is 10.0 Å². The normalized spacial score (nSPS) is 22.1. The van der Waals surface area contributed by atoms with E-state index in [4.69, 9.17) is 5.11 Å².